The molecule has 1 amide bonds. The summed E-state index contributed by atoms with van der Waals surface area (Å²) in [4.78, 5) is 13.1. The van der Waals surface area contributed by atoms with Crippen molar-refractivity contribution in [3.8, 4) is 0 Å². The minimum Gasteiger partial charge on any atom is -0.392 e. The molecule has 0 radical (unpaired) electrons. The van der Waals surface area contributed by atoms with Crippen LogP contribution in [-0.2, 0) is 4.79 Å². The zero-order valence-corrected chi connectivity index (χ0v) is 14.1. The maximum atomic E-state index is 12.7. The van der Waals surface area contributed by atoms with Crippen molar-refractivity contribution in [2.75, 3.05) is 0 Å². The van der Waals surface area contributed by atoms with Gasteiger partial charge in [-0.15, -0.1) is 0 Å². The Morgan fingerprint density at radius 3 is 2.24 bits per heavy atom. The molecule has 1 aromatic carbocycles. The molecule has 0 saturated carbocycles. The Morgan fingerprint density at radius 2 is 1.81 bits per heavy atom. The second kappa shape index (κ2) is 8.13. The minimum atomic E-state index is -0.261. The Hall–Kier alpha value is -1.42. The number of hydrogen-bond donors (Lipinski definition) is 2. The van der Waals surface area contributed by atoms with E-state index in [4.69, 9.17) is 18.0 Å². The first kappa shape index (κ1) is 17.6. The van der Waals surface area contributed by atoms with Crippen LogP contribution in [-0.4, -0.2) is 16.9 Å². The minimum absolute atomic E-state index is 0.00190. The predicted molar refractivity (Wildman–Crippen MR) is 92.2 cm³/mol. The molecule has 4 heteroatoms. The van der Waals surface area contributed by atoms with Crippen LogP contribution in [0, 0.1) is 11.8 Å². The van der Waals surface area contributed by atoms with Crippen molar-refractivity contribution in [3.05, 3.63) is 35.9 Å². The molecule has 0 aromatic heterocycles. The lowest BCUT2D eigenvalue weighted by molar-refractivity contribution is -0.124. The Kier molecular flexibility index (Phi) is 6.82. The van der Waals surface area contributed by atoms with Crippen molar-refractivity contribution in [3.63, 3.8) is 0 Å². The van der Waals surface area contributed by atoms with Crippen LogP contribution in [0.5, 0.6) is 0 Å². The lowest BCUT2D eigenvalue weighted by atomic mass is 9.84. The second-order valence-corrected chi connectivity index (χ2v) is 6.38. The van der Waals surface area contributed by atoms with Crippen LogP contribution in [0.25, 0.3) is 0 Å². The first-order valence-electron chi connectivity index (χ1n) is 7.53. The molecule has 1 rings (SSSR count). The normalized spacial score (nSPS) is 15.3. The molecule has 0 aliphatic rings. The number of nitrogens with one attached hydrogen (secondary N) is 1. The van der Waals surface area contributed by atoms with Crippen LogP contribution in [0.15, 0.2) is 30.3 Å². The quantitative estimate of drug-likeness (QED) is 0.760. The number of rotatable bonds is 7. The van der Waals surface area contributed by atoms with Crippen molar-refractivity contribution in [1.82, 2.24) is 5.32 Å². The number of hydrogen-bond acceptors (Lipinski definition) is 2. The fourth-order valence-corrected chi connectivity index (χ4v) is 2.77. The summed E-state index contributed by atoms with van der Waals surface area (Å²) < 4.78 is 0. The summed E-state index contributed by atoms with van der Waals surface area (Å²) >= 11 is 5.07. The maximum Gasteiger partial charge on any atom is 0.228 e. The third-order valence-corrected chi connectivity index (χ3v) is 4.18. The van der Waals surface area contributed by atoms with E-state index >= 15 is 0 Å². The third kappa shape index (κ3) is 4.81. The monoisotopic (exact) mass is 306 g/mol. The van der Waals surface area contributed by atoms with Gasteiger partial charge in [-0.1, -0.05) is 76.7 Å². The Labute approximate surface area is 133 Å². The Bertz CT molecular complexity index is 473. The highest BCUT2D eigenvalue weighted by Crippen LogP contribution is 2.27. The topological polar surface area (TPSA) is 55.1 Å². The van der Waals surface area contributed by atoms with Crippen molar-refractivity contribution < 1.29 is 4.79 Å². The van der Waals surface area contributed by atoms with Crippen LogP contribution in [0.3, 0.4) is 0 Å². The fraction of sp³-hybridized carbons (Fsp3) is 0.529. The van der Waals surface area contributed by atoms with Crippen LogP contribution < -0.4 is 11.1 Å². The Morgan fingerprint density at radius 1 is 1.24 bits per heavy atom. The van der Waals surface area contributed by atoms with Gasteiger partial charge in [-0.3, -0.25) is 4.79 Å². The zero-order valence-electron chi connectivity index (χ0n) is 13.3. The number of carbonyl (C=O) groups excluding carboxylic acids is 1. The number of benzene rings is 1. The van der Waals surface area contributed by atoms with Gasteiger partial charge in [-0.2, -0.15) is 0 Å². The summed E-state index contributed by atoms with van der Waals surface area (Å²) in [6, 6.07) is 9.63. The van der Waals surface area contributed by atoms with Crippen molar-refractivity contribution in [2.45, 2.75) is 46.1 Å². The zero-order chi connectivity index (χ0) is 16.0. The van der Waals surface area contributed by atoms with E-state index in [1.807, 2.05) is 44.2 Å². The van der Waals surface area contributed by atoms with Gasteiger partial charge >= 0.3 is 0 Å². The molecule has 1 aromatic rings. The summed E-state index contributed by atoms with van der Waals surface area (Å²) in [6.07, 6.45) is 0.937. The van der Waals surface area contributed by atoms with E-state index < -0.39 is 0 Å². The fourth-order valence-electron chi connectivity index (χ4n) is 2.44. The van der Waals surface area contributed by atoms with Crippen molar-refractivity contribution >= 4 is 23.1 Å². The molecule has 3 N–H and O–H groups in total. The van der Waals surface area contributed by atoms with E-state index in [9.17, 15) is 4.79 Å². The molecule has 3 nitrogen and oxygen atoms in total. The summed E-state index contributed by atoms with van der Waals surface area (Å²) in [5.41, 5.74) is 6.79. The van der Waals surface area contributed by atoms with Crippen molar-refractivity contribution in [1.29, 1.82) is 0 Å². The molecule has 0 spiro atoms. The average molecular weight is 306 g/mol. The van der Waals surface area contributed by atoms with Crippen molar-refractivity contribution in [2.24, 2.45) is 17.6 Å². The van der Waals surface area contributed by atoms with Crippen LogP contribution >= 0.6 is 12.2 Å². The number of carbonyl (C=O) groups is 1. The second-order valence-electron chi connectivity index (χ2n) is 5.91. The molecule has 3 unspecified atom stereocenters. The van der Waals surface area contributed by atoms with E-state index in [0.29, 0.717) is 4.99 Å². The van der Waals surface area contributed by atoms with Gasteiger partial charge in [-0.05, 0) is 17.4 Å². The van der Waals surface area contributed by atoms with E-state index in [1.54, 1.807) is 0 Å². The van der Waals surface area contributed by atoms with Gasteiger partial charge in [0.2, 0.25) is 5.91 Å². The molecule has 21 heavy (non-hydrogen) atoms. The maximum absolute atomic E-state index is 12.7. The van der Waals surface area contributed by atoms with Crippen LogP contribution in [0.1, 0.15) is 45.6 Å². The smallest absolute Gasteiger partial charge is 0.228 e. The molecule has 116 valence electrons. The first-order chi connectivity index (χ1) is 9.88. The molecule has 0 fully saturated rings. The molecule has 0 aliphatic carbocycles. The highest BCUT2D eigenvalue weighted by Gasteiger charge is 2.29. The third-order valence-electron chi connectivity index (χ3n) is 3.93. The van der Waals surface area contributed by atoms with Gasteiger partial charge < -0.3 is 11.1 Å². The molecule has 0 bridgehead atoms. The first-order valence-corrected chi connectivity index (χ1v) is 7.93. The van der Waals surface area contributed by atoms with Gasteiger partial charge in [-0.25, -0.2) is 0 Å². The molecule has 0 heterocycles. The summed E-state index contributed by atoms with van der Waals surface area (Å²) in [7, 11) is 0. The highest BCUT2D eigenvalue weighted by atomic mass is 32.1. The van der Waals surface area contributed by atoms with Gasteiger partial charge in [0.1, 0.15) is 0 Å². The standard InChI is InChI=1S/C17H26N2OS/c1-5-12(4)14(13-9-7-6-8-10-13)17(20)19-15(11(2)3)16(18)21/h6-12,14-15H,5H2,1-4H3,(H2,18,21)(H,19,20). The van der Waals surface area contributed by atoms with E-state index in [1.165, 1.54) is 0 Å². The molecular weight excluding hydrogens is 280 g/mol. The van der Waals surface area contributed by atoms with E-state index in [2.05, 4.69) is 19.2 Å². The lowest BCUT2D eigenvalue weighted by Gasteiger charge is -2.27. The number of nitrogens with two attached hydrogens (primary N) is 1. The molecule has 0 saturated heterocycles. The predicted octanol–water partition coefficient (Wildman–Crippen LogP) is 3.24. The largest absolute Gasteiger partial charge is 0.392 e. The number of amides is 1. The van der Waals surface area contributed by atoms with Gasteiger partial charge in [0.25, 0.3) is 0 Å². The molecular formula is C17H26N2OS. The van der Waals surface area contributed by atoms with Crippen LogP contribution in [0.4, 0.5) is 0 Å². The van der Waals surface area contributed by atoms with E-state index in [0.717, 1.165) is 12.0 Å². The number of thiocarbonyl (C=S) groups is 1. The van der Waals surface area contributed by atoms with Crippen LogP contribution in [0.2, 0.25) is 0 Å². The summed E-state index contributed by atoms with van der Waals surface area (Å²) in [5.74, 6) is 0.264. The average Bonchev–Trinajstić information content (AvgIpc) is 2.45. The van der Waals surface area contributed by atoms with Gasteiger partial charge in [0, 0.05) is 0 Å². The summed E-state index contributed by atoms with van der Waals surface area (Å²) in [5, 5.41) is 3.02. The molecule has 0 aliphatic heterocycles. The van der Waals surface area contributed by atoms with Gasteiger partial charge in [0.05, 0.1) is 16.9 Å². The van der Waals surface area contributed by atoms with Gasteiger partial charge in [0.15, 0.2) is 0 Å². The lowest BCUT2D eigenvalue weighted by Crippen LogP contribution is -2.49. The molecule has 3 atom stereocenters. The Balaban J connectivity index is 2.99. The SMILES string of the molecule is CCC(C)C(C(=O)NC(C(N)=S)C(C)C)c1ccccc1. The summed E-state index contributed by atoms with van der Waals surface area (Å²) in [6.45, 7) is 8.21. The highest BCUT2D eigenvalue weighted by molar-refractivity contribution is 7.80. The van der Waals surface area contributed by atoms with E-state index in [-0.39, 0.29) is 29.7 Å².